The molecule has 3 heterocycles. The summed E-state index contributed by atoms with van der Waals surface area (Å²) in [6.07, 6.45) is 3.41. The fourth-order valence-corrected chi connectivity index (χ4v) is 2.84. The summed E-state index contributed by atoms with van der Waals surface area (Å²) in [5.74, 6) is 0.460. The average molecular weight is 313 g/mol. The van der Waals surface area contributed by atoms with Gasteiger partial charge in [0.05, 0.1) is 0 Å². The van der Waals surface area contributed by atoms with Crippen molar-refractivity contribution in [2.24, 2.45) is 0 Å². The molecule has 23 heavy (non-hydrogen) atoms. The molecule has 0 unspecified atom stereocenters. The first-order valence-electron chi connectivity index (χ1n) is 7.58. The summed E-state index contributed by atoms with van der Waals surface area (Å²) in [6, 6.07) is 3.60. The van der Waals surface area contributed by atoms with Crippen LogP contribution in [0.15, 0.2) is 29.3 Å². The van der Waals surface area contributed by atoms with Crippen molar-refractivity contribution >= 4 is 11.9 Å². The van der Waals surface area contributed by atoms with Gasteiger partial charge in [0.2, 0.25) is 5.95 Å². The number of rotatable bonds is 2. The van der Waals surface area contributed by atoms with Gasteiger partial charge < -0.3 is 14.8 Å². The predicted octanol–water partition coefficient (Wildman–Crippen LogP) is 0.744. The third-order valence-corrected chi connectivity index (χ3v) is 3.98. The molecule has 120 valence electrons. The van der Waals surface area contributed by atoms with Crippen molar-refractivity contribution in [3.8, 4) is 0 Å². The van der Waals surface area contributed by atoms with Crippen molar-refractivity contribution in [2.45, 2.75) is 13.8 Å². The van der Waals surface area contributed by atoms with Crippen LogP contribution >= 0.6 is 0 Å². The van der Waals surface area contributed by atoms with Gasteiger partial charge in [-0.05, 0) is 31.5 Å². The van der Waals surface area contributed by atoms with E-state index >= 15 is 0 Å². The number of carbonyl (C=O) groups is 1. The first-order chi connectivity index (χ1) is 11.1. The van der Waals surface area contributed by atoms with Gasteiger partial charge in [-0.15, -0.1) is 0 Å². The Morgan fingerprint density at radius 2 is 1.78 bits per heavy atom. The minimum atomic E-state index is -0.318. The minimum absolute atomic E-state index is 0.211. The lowest BCUT2D eigenvalue weighted by molar-refractivity contribution is 0.0743. The highest BCUT2D eigenvalue weighted by molar-refractivity contribution is 5.95. The van der Waals surface area contributed by atoms with Gasteiger partial charge in [0, 0.05) is 44.3 Å². The standard InChI is InChI=1S/C16H19N5O2/c1-11-10-12(2)19-14(22)13(11)15(23)20-6-8-21(9-7-20)16-17-4-3-5-18-16/h3-5,10H,6-9H2,1-2H3,(H,19,22). The van der Waals surface area contributed by atoms with E-state index in [9.17, 15) is 9.59 Å². The smallest absolute Gasteiger partial charge is 0.261 e. The van der Waals surface area contributed by atoms with Gasteiger partial charge in [-0.2, -0.15) is 0 Å². The molecule has 1 fully saturated rings. The monoisotopic (exact) mass is 313 g/mol. The van der Waals surface area contributed by atoms with E-state index in [2.05, 4.69) is 15.0 Å². The Labute approximate surface area is 134 Å². The van der Waals surface area contributed by atoms with Crippen molar-refractivity contribution in [3.05, 3.63) is 51.7 Å². The lowest BCUT2D eigenvalue weighted by atomic mass is 10.1. The number of hydrogen-bond acceptors (Lipinski definition) is 5. The molecule has 0 spiro atoms. The lowest BCUT2D eigenvalue weighted by Gasteiger charge is -2.34. The van der Waals surface area contributed by atoms with Crippen molar-refractivity contribution in [3.63, 3.8) is 0 Å². The summed E-state index contributed by atoms with van der Waals surface area (Å²) >= 11 is 0. The van der Waals surface area contributed by atoms with Crippen LogP contribution in [-0.2, 0) is 0 Å². The molecule has 0 aliphatic carbocycles. The number of pyridine rings is 1. The molecule has 0 aromatic carbocycles. The maximum absolute atomic E-state index is 12.7. The highest BCUT2D eigenvalue weighted by Crippen LogP contribution is 2.13. The Morgan fingerprint density at radius 1 is 1.13 bits per heavy atom. The maximum Gasteiger partial charge on any atom is 0.261 e. The van der Waals surface area contributed by atoms with Crippen molar-refractivity contribution in [1.29, 1.82) is 0 Å². The molecule has 3 rings (SSSR count). The molecule has 1 amide bonds. The summed E-state index contributed by atoms with van der Waals surface area (Å²) in [7, 11) is 0. The van der Waals surface area contributed by atoms with Crippen molar-refractivity contribution in [2.75, 3.05) is 31.1 Å². The summed E-state index contributed by atoms with van der Waals surface area (Å²) in [5, 5.41) is 0. The number of amides is 1. The number of nitrogens with one attached hydrogen (secondary N) is 1. The second-order valence-electron chi connectivity index (χ2n) is 5.67. The van der Waals surface area contributed by atoms with Gasteiger partial charge in [0.15, 0.2) is 0 Å². The molecule has 1 aliphatic heterocycles. The third kappa shape index (κ3) is 3.08. The minimum Gasteiger partial charge on any atom is -0.337 e. The van der Waals surface area contributed by atoms with E-state index in [1.54, 1.807) is 37.2 Å². The number of aromatic amines is 1. The van der Waals surface area contributed by atoms with Crippen LogP contribution in [0.2, 0.25) is 0 Å². The third-order valence-electron chi connectivity index (χ3n) is 3.98. The van der Waals surface area contributed by atoms with E-state index in [4.69, 9.17) is 0 Å². The second kappa shape index (κ2) is 6.20. The van der Waals surface area contributed by atoms with Crippen LogP contribution in [0.25, 0.3) is 0 Å². The van der Waals surface area contributed by atoms with Gasteiger partial charge in [0.25, 0.3) is 11.5 Å². The lowest BCUT2D eigenvalue weighted by Crippen LogP contribution is -2.50. The van der Waals surface area contributed by atoms with Crippen molar-refractivity contribution in [1.82, 2.24) is 19.9 Å². The molecule has 0 radical (unpaired) electrons. The van der Waals surface area contributed by atoms with E-state index in [-0.39, 0.29) is 17.0 Å². The van der Waals surface area contributed by atoms with E-state index in [0.29, 0.717) is 37.7 Å². The van der Waals surface area contributed by atoms with Crippen LogP contribution in [-0.4, -0.2) is 51.9 Å². The van der Waals surface area contributed by atoms with E-state index < -0.39 is 0 Å². The van der Waals surface area contributed by atoms with E-state index in [1.165, 1.54) is 0 Å². The average Bonchev–Trinajstić information content (AvgIpc) is 2.55. The summed E-state index contributed by atoms with van der Waals surface area (Å²) in [4.78, 5) is 39.7. The van der Waals surface area contributed by atoms with Gasteiger partial charge >= 0.3 is 0 Å². The van der Waals surface area contributed by atoms with E-state index in [1.807, 2.05) is 11.0 Å². The Bertz CT molecular complexity index is 764. The fourth-order valence-electron chi connectivity index (χ4n) is 2.84. The molecule has 0 atom stereocenters. The van der Waals surface area contributed by atoms with Gasteiger partial charge in [0.1, 0.15) is 5.56 Å². The van der Waals surface area contributed by atoms with Crippen LogP contribution in [0.5, 0.6) is 0 Å². The summed E-state index contributed by atoms with van der Waals surface area (Å²) in [5.41, 5.74) is 1.39. The number of piperazine rings is 1. The SMILES string of the molecule is Cc1cc(C)c(C(=O)N2CCN(c3ncccn3)CC2)c(=O)[nH]1. The number of aryl methyl sites for hydroxylation is 2. The molecule has 1 N–H and O–H groups in total. The summed E-state index contributed by atoms with van der Waals surface area (Å²) in [6.45, 7) is 6.00. The van der Waals surface area contributed by atoms with Crippen LogP contribution in [0.4, 0.5) is 5.95 Å². The molecule has 2 aromatic rings. The number of H-pyrrole nitrogens is 1. The van der Waals surface area contributed by atoms with Crippen LogP contribution < -0.4 is 10.5 Å². The number of aromatic nitrogens is 3. The fraction of sp³-hybridized carbons (Fsp3) is 0.375. The molecule has 2 aromatic heterocycles. The molecule has 0 saturated carbocycles. The first kappa shape index (κ1) is 15.2. The maximum atomic E-state index is 12.7. The zero-order valence-corrected chi connectivity index (χ0v) is 13.2. The summed E-state index contributed by atoms with van der Waals surface area (Å²) < 4.78 is 0. The molecule has 0 bridgehead atoms. The highest BCUT2D eigenvalue weighted by Gasteiger charge is 2.26. The predicted molar refractivity (Wildman–Crippen MR) is 86.7 cm³/mol. The molecular formula is C16H19N5O2. The zero-order chi connectivity index (χ0) is 16.4. The topological polar surface area (TPSA) is 82.2 Å². The number of hydrogen-bond donors (Lipinski definition) is 1. The van der Waals surface area contributed by atoms with Gasteiger partial charge in [-0.25, -0.2) is 9.97 Å². The molecular weight excluding hydrogens is 294 g/mol. The highest BCUT2D eigenvalue weighted by atomic mass is 16.2. The van der Waals surface area contributed by atoms with Crippen molar-refractivity contribution < 1.29 is 4.79 Å². The number of carbonyl (C=O) groups excluding carboxylic acids is 1. The molecule has 7 heteroatoms. The Balaban J connectivity index is 1.73. The molecule has 1 saturated heterocycles. The van der Waals surface area contributed by atoms with Crippen LogP contribution in [0.3, 0.4) is 0 Å². The second-order valence-corrected chi connectivity index (χ2v) is 5.67. The number of anilines is 1. The van der Waals surface area contributed by atoms with Crippen LogP contribution in [0, 0.1) is 13.8 Å². The van der Waals surface area contributed by atoms with Gasteiger partial charge in [-0.1, -0.05) is 0 Å². The number of nitrogens with zero attached hydrogens (tertiary/aromatic N) is 4. The molecule has 1 aliphatic rings. The van der Waals surface area contributed by atoms with Gasteiger partial charge in [-0.3, -0.25) is 9.59 Å². The van der Waals surface area contributed by atoms with Crippen LogP contribution in [0.1, 0.15) is 21.6 Å². The first-order valence-corrected chi connectivity index (χ1v) is 7.58. The zero-order valence-electron chi connectivity index (χ0n) is 13.2. The Hall–Kier alpha value is -2.70. The Morgan fingerprint density at radius 3 is 2.39 bits per heavy atom. The molecule has 7 nitrogen and oxygen atoms in total. The van der Waals surface area contributed by atoms with E-state index in [0.717, 1.165) is 5.69 Å². The Kier molecular flexibility index (Phi) is 4.10. The quantitative estimate of drug-likeness (QED) is 0.884. The largest absolute Gasteiger partial charge is 0.337 e. The normalized spacial score (nSPS) is 14.9.